The van der Waals surface area contributed by atoms with Gasteiger partial charge in [-0.3, -0.25) is 0 Å². The third-order valence-corrected chi connectivity index (χ3v) is 3.29. The monoisotopic (exact) mass is 231 g/mol. The van der Waals surface area contributed by atoms with Crippen LogP contribution < -0.4 is 0 Å². The zero-order valence-corrected chi connectivity index (χ0v) is 10.9. The largest absolute Gasteiger partial charge is 0.478 e. The minimum absolute atomic E-state index is 0.0677. The molecule has 0 amide bonds. The van der Waals surface area contributed by atoms with Gasteiger partial charge in [0.2, 0.25) is 0 Å². The lowest BCUT2D eigenvalue weighted by Crippen LogP contribution is -2.24. The zero-order valence-electron chi connectivity index (χ0n) is 10.9. The molecule has 1 atom stereocenters. The lowest BCUT2D eigenvalue weighted by molar-refractivity contribution is 0.269. The molecule has 2 nitrogen and oxygen atoms in total. The maximum Gasteiger partial charge on any atom is 0.189 e. The number of hydrogen-bond acceptors (Lipinski definition) is 2. The summed E-state index contributed by atoms with van der Waals surface area (Å²) in [7, 11) is 0. The van der Waals surface area contributed by atoms with Crippen LogP contribution >= 0.6 is 0 Å². The highest BCUT2D eigenvalue weighted by Gasteiger charge is 2.31. The van der Waals surface area contributed by atoms with Crippen LogP contribution in [0.1, 0.15) is 45.2 Å². The molecule has 1 heterocycles. The Hall–Kier alpha value is -1.31. The fourth-order valence-electron chi connectivity index (χ4n) is 2.32. The highest BCUT2D eigenvalue weighted by Crippen LogP contribution is 2.32. The maximum absolute atomic E-state index is 5.79. The van der Waals surface area contributed by atoms with Crippen LogP contribution in [0.3, 0.4) is 0 Å². The van der Waals surface area contributed by atoms with E-state index in [0.29, 0.717) is 6.61 Å². The van der Waals surface area contributed by atoms with E-state index in [1.54, 1.807) is 0 Å². The molecule has 2 heteroatoms. The van der Waals surface area contributed by atoms with Crippen molar-refractivity contribution in [1.82, 2.24) is 0 Å². The van der Waals surface area contributed by atoms with Crippen LogP contribution in [0.15, 0.2) is 35.3 Å². The minimum atomic E-state index is 0.0677. The molecule has 0 aliphatic carbocycles. The first-order chi connectivity index (χ1) is 8.13. The van der Waals surface area contributed by atoms with Crippen molar-refractivity contribution < 1.29 is 4.74 Å². The van der Waals surface area contributed by atoms with Gasteiger partial charge in [-0.15, -0.1) is 0 Å². The number of aliphatic imine (C=N–C) groups is 1. The summed E-state index contributed by atoms with van der Waals surface area (Å²) in [6.45, 7) is 7.31. The number of hydrogen-bond donors (Lipinski definition) is 0. The van der Waals surface area contributed by atoms with E-state index in [9.17, 15) is 0 Å². The molecule has 1 aromatic carbocycles. The highest BCUT2D eigenvalue weighted by molar-refractivity contribution is 5.83. The van der Waals surface area contributed by atoms with Crippen molar-refractivity contribution in [2.24, 2.45) is 10.4 Å². The molecule has 2 rings (SSSR count). The molecule has 0 N–H and O–H groups in total. The molecule has 0 bridgehead atoms. The molecule has 0 aromatic heterocycles. The Kier molecular flexibility index (Phi) is 3.51. The van der Waals surface area contributed by atoms with Gasteiger partial charge >= 0.3 is 0 Å². The van der Waals surface area contributed by atoms with Crippen molar-refractivity contribution in [3.63, 3.8) is 0 Å². The summed E-state index contributed by atoms with van der Waals surface area (Å²) >= 11 is 0. The van der Waals surface area contributed by atoms with Crippen molar-refractivity contribution in [3.8, 4) is 0 Å². The molecule has 1 aliphatic rings. The third kappa shape index (κ3) is 2.68. The standard InChI is InChI=1S/C15H21NO/c1-4-10-15(2,3)14-16-13(11-17-14)12-8-6-5-7-9-12/h5-9,13H,4,10-11H2,1-3H3/t13-/m1/s1. The number of rotatable bonds is 4. The Balaban J connectivity index is 2.14. The van der Waals surface area contributed by atoms with Gasteiger partial charge in [0.05, 0.1) is 0 Å². The van der Waals surface area contributed by atoms with Gasteiger partial charge in [-0.1, -0.05) is 57.5 Å². The van der Waals surface area contributed by atoms with Crippen molar-refractivity contribution in [3.05, 3.63) is 35.9 Å². The summed E-state index contributed by atoms with van der Waals surface area (Å²) < 4.78 is 5.79. The first kappa shape index (κ1) is 12.2. The Morgan fingerprint density at radius 2 is 2.00 bits per heavy atom. The Morgan fingerprint density at radius 3 is 2.65 bits per heavy atom. The van der Waals surface area contributed by atoms with Gasteiger partial charge < -0.3 is 4.74 Å². The van der Waals surface area contributed by atoms with Gasteiger partial charge in [-0.2, -0.15) is 0 Å². The highest BCUT2D eigenvalue weighted by atomic mass is 16.5. The summed E-state index contributed by atoms with van der Waals surface area (Å²) in [5.74, 6) is 0.924. The predicted octanol–water partition coefficient (Wildman–Crippen LogP) is 3.98. The maximum atomic E-state index is 5.79. The van der Waals surface area contributed by atoms with E-state index in [-0.39, 0.29) is 11.5 Å². The topological polar surface area (TPSA) is 21.6 Å². The van der Waals surface area contributed by atoms with Gasteiger partial charge in [0.15, 0.2) is 5.90 Å². The molecule has 1 aromatic rings. The number of benzene rings is 1. The fraction of sp³-hybridized carbons (Fsp3) is 0.533. The molecule has 0 saturated carbocycles. The first-order valence-electron chi connectivity index (χ1n) is 6.39. The second kappa shape index (κ2) is 4.91. The molecular formula is C15H21NO. The van der Waals surface area contributed by atoms with Crippen LogP contribution in [-0.2, 0) is 4.74 Å². The van der Waals surface area contributed by atoms with Crippen molar-refractivity contribution in [2.45, 2.75) is 39.7 Å². The lowest BCUT2D eigenvalue weighted by Gasteiger charge is -2.22. The van der Waals surface area contributed by atoms with E-state index < -0.39 is 0 Å². The summed E-state index contributed by atoms with van der Waals surface area (Å²) in [6, 6.07) is 10.6. The van der Waals surface area contributed by atoms with E-state index in [1.807, 2.05) is 6.07 Å². The number of nitrogens with zero attached hydrogens (tertiary/aromatic N) is 1. The molecule has 17 heavy (non-hydrogen) atoms. The van der Waals surface area contributed by atoms with E-state index in [1.165, 1.54) is 5.56 Å². The van der Waals surface area contributed by atoms with Gasteiger partial charge in [0.25, 0.3) is 0 Å². The number of ether oxygens (including phenoxy) is 1. The molecule has 1 aliphatic heterocycles. The van der Waals surface area contributed by atoms with E-state index in [2.05, 4.69) is 45.0 Å². The molecule has 0 fully saturated rings. The van der Waals surface area contributed by atoms with Crippen LogP contribution in [0.25, 0.3) is 0 Å². The molecule has 0 unspecified atom stereocenters. The first-order valence-corrected chi connectivity index (χ1v) is 6.39. The zero-order chi connectivity index (χ0) is 12.3. The second-order valence-corrected chi connectivity index (χ2v) is 5.31. The van der Waals surface area contributed by atoms with Crippen LogP contribution in [-0.4, -0.2) is 12.5 Å². The third-order valence-electron chi connectivity index (χ3n) is 3.29. The second-order valence-electron chi connectivity index (χ2n) is 5.31. The van der Waals surface area contributed by atoms with E-state index in [0.717, 1.165) is 18.7 Å². The van der Waals surface area contributed by atoms with Gasteiger partial charge in [-0.25, -0.2) is 4.99 Å². The molecule has 0 saturated heterocycles. The molecular weight excluding hydrogens is 210 g/mol. The summed E-state index contributed by atoms with van der Waals surface area (Å²) in [5.41, 5.74) is 1.31. The Bertz CT molecular complexity index is 395. The van der Waals surface area contributed by atoms with Crippen LogP contribution in [0, 0.1) is 5.41 Å². The average Bonchev–Trinajstić information content (AvgIpc) is 2.80. The fourth-order valence-corrected chi connectivity index (χ4v) is 2.32. The van der Waals surface area contributed by atoms with E-state index >= 15 is 0 Å². The summed E-state index contributed by atoms with van der Waals surface area (Å²) in [6.07, 6.45) is 2.28. The summed E-state index contributed by atoms with van der Waals surface area (Å²) in [5, 5.41) is 0. The SMILES string of the molecule is CCCC(C)(C)C1=N[C@@H](c2ccccc2)CO1. The van der Waals surface area contributed by atoms with Gasteiger partial charge in [-0.05, 0) is 12.0 Å². The van der Waals surface area contributed by atoms with E-state index in [4.69, 9.17) is 9.73 Å². The van der Waals surface area contributed by atoms with Crippen molar-refractivity contribution in [1.29, 1.82) is 0 Å². The molecule has 0 spiro atoms. The Labute approximate surface area is 104 Å². The quantitative estimate of drug-likeness (QED) is 0.768. The van der Waals surface area contributed by atoms with Gasteiger partial charge in [0, 0.05) is 5.41 Å². The van der Waals surface area contributed by atoms with Crippen molar-refractivity contribution >= 4 is 5.90 Å². The minimum Gasteiger partial charge on any atom is -0.478 e. The Morgan fingerprint density at radius 1 is 1.29 bits per heavy atom. The molecule has 0 radical (unpaired) electrons. The lowest BCUT2D eigenvalue weighted by atomic mass is 9.88. The average molecular weight is 231 g/mol. The normalized spacial score (nSPS) is 19.9. The predicted molar refractivity (Wildman–Crippen MR) is 71.3 cm³/mol. The van der Waals surface area contributed by atoms with Gasteiger partial charge in [0.1, 0.15) is 12.6 Å². The molecule has 92 valence electrons. The van der Waals surface area contributed by atoms with Crippen LogP contribution in [0.2, 0.25) is 0 Å². The van der Waals surface area contributed by atoms with Crippen LogP contribution in [0.4, 0.5) is 0 Å². The van der Waals surface area contributed by atoms with Crippen LogP contribution in [0.5, 0.6) is 0 Å². The summed E-state index contributed by atoms with van der Waals surface area (Å²) in [4.78, 5) is 4.74. The smallest absolute Gasteiger partial charge is 0.189 e. The van der Waals surface area contributed by atoms with Crippen molar-refractivity contribution in [2.75, 3.05) is 6.61 Å².